The van der Waals surface area contributed by atoms with Gasteiger partial charge in [-0.05, 0) is 54.0 Å². The van der Waals surface area contributed by atoms with Gasteiger partial charge in [-0.2, -0.15) is 0 Å². The average molecular weight is 451 g/mol. The van der Waals surface area contributed by atoms with Gasteiger partial charge in [-0.1, -0.05) is 54.6 Å². The Morgan fingerprint density at radius 2 is 1.35 bits per heavy atom. The van der Waals surface area contributed by atoms with Crippen molar-refractivity contribution >= 4 is 66.7 Å². The highest BCUT2D eigenvalue weighted by Crippen LogP contribution is 2.50. The minimum Gasteiger partial charge on any atom is -0.360 e. The molecule has 0 saturated carbocycles. The summed E-state index contributed by atoms with van der Waals surface area (Å²) in [4.78, 5) is 9.75. The van der Waals surface area contributed by atoms with Gasteiger partial charge in [-0.25, -0.2) is 0 Å². The number of aromatic nitrogens is 1. The van der Waals surface area contributed by atoms with Crippen molar-refractivity contribution in [1.82, 2.24) is 4.98 Å². The number of rotatable bonds is 1. The van der Waals surface area contributed by atoms with E-state index in [0.717, 1.165) is 11.4 Å². The number of anilines is 4. The summed E-state index contributed by atoms with van der Waals surface area (Å²) in [6.45, 7) is 0.0349. The fourth-order valence-corrected chi connectivity index (χ4v) is 6.76. The van der Waals surface area contributed by atoms with Crippen molar-refractivity contribution in [3.8, 4) is 11.3 Å². The highest BCUT2D eigenvalue weighted by atomic mass is 32.1. The Hall–Kier alpha value is -4.09. The quantitative estimate of drug-likeness (QED) is 0.248. The van der Waals surface area contributed by atoms with E-state index in [1.165, 1.54) is 48.3 Å². The van der Waals surface area contributed by atoms with Gasteiger partial charge in [-0.15, -0.1) is 11.3 Å². The van der Waals surface area contributed by atoms with E-state index < -0.39 is 0 Å². The first-order valence-corrected chi connectivity index (χ1v) is 12.3. The number of benzene rings is 4. The van der Waals surface area contributed by atoms with E-state index in [9.17, 15) is 0 Å². The van der Waals surface area contributed by atoms with E-state index in [-0.39, 0.29) is 6.98 Å². The molecule has 0 unspecified atom stereocenters. The van der Waals surface area contributed by atoms with Gasteiger partial charge in [-0.3, -0.25) is 4.98 Å². The molecule has 34 heavy (non-hydrogen) atoms. The average Bonchev–Trinajstić information content (AvgIpc) is 3.45. The van der Waals surface area contributed by atoms with E-state index in [1.807, 2.05) is 23.6 Å². The van der Waals surface area contributed by atoms with Crippen LogP contribution in [0.1, 0.15) is 0 Å². The third-order valence-corrected chi connectivity index (χ3v) is 8.22. The highest BCUT2D eigenvalue weighted by molar-refractivity contribution is 7.25. The van der Waals surface area contributed by atoms with Crippen molar-refractivity contribution in [3.63, 3.8) is 0 Å². The van der Waals surface area contributed by atoms with Crippen molar-refractivity contribution in [1.29, 1.82) is 0 Å². The first-order valence-electron chi connectivity index (χ1n) is 11.5. The van der Waals surface area contributed by atoms with E-state index in [4.69, 9.17) is 4.98 Å². The summed E-state index contributed by atoms with van der Waals surface area (Å²) >= 11 is 1.86. The van der Waals surface area contributed by atoms with Crippen molar-refractivity contribution in [3.05, 3.63) is 109 Å². The maximum Gasteiger partial charge on any atom is 0.421 e. The molecule has 0 bridgehead atoms. The Bertz CT molecular complexity index is 1760. The minimum absolute atomic E-state index is 0.0349. The summed E-state index contributed by atoms with van der Waals surface area (Å²) in [7, 11) is 0. The number of fused-ring (bicyclic) bond motifs is 11. The van der Waals surface area contributed by atoms with Gasteiger partial charge in [0, 0.05) is 37.6 Å². The lowest BCUT2D eigenvalue weighted by atomic mass is 9.60. The second kappa shape index (κ2) is 6.72. The smallest absolute Gasteiger partial charge is 0.360 e. The molecule has 2 aliphatic heterocycles. The molecule has 0 radical (unpaired) electrons. The second-order valence-corrected chi connectivity index (χ2v) is 9.92. The van der Waals surface area contributed by atoms with Gasteiger partial charge in [0.15, 0.2) is 0 Å². The molecule has 0 fully saturated rings. The second-order valence-electron chi connectivity index (χ2n) is 8.84. The lowest BCUT2D eigenvalue weighted by Crippen LogP contribution is -2.55. The SMILES string of the molecule is c1ccc2c(c1)B1N(c3ccc4sc5ccccc5c4c3)c3ccccc3N1c1cccnc1-2. The molecule has 4 aromatic carbocycles. The van der Waals surface area contributed by atoms with Gasteiger partial charge in [0.1, 0.15) is 0 Å². The van der Waals surface area contributed by atoms with Crippen LogP contribution in [0.5, 0.6) is 0 Å². The number of para-hydroxylation sites is 2. The van der Waals surface area contributed by atoms with Crippen LogP contribution in [-0.4, -0.2) is 12.0 Å². The van der Waals surface area contributed by atoms with E-state index in [1.54, 1.807) is 0 Å². The van der Waals surface area contributed by atoms with Crippen LogP contribution in [0.3, 0.4) is 0 Å². The normalized spacial score (nSPS) is 13.7. The van der Waals surface area contributed by atoms with Crippen LogP contribution in [0.2, 0.25) is 0 Å². The Morgan fingerprint density at radius 1 is 0.618 bits per heavy atom. The molecular formula is C29H18BN3S. The standard InChI is InChI=1S/C29H18BN3S/c1-3-10-23-21(9-1)29-26(13-7-17-31-29)33-25-12-5-4-11-24(25)32(30(23)33)19-15-16-28-22(18-19)20-8-2-6-14-27(20)34-28/h1-18H. The highest BCUT2D eigenvalue weighted by Gasteiger charge is 2.48. The third kappa shape index (κ3) is 2.34. The van der Waals surface area contributed by atoms with Crippen molar-refractivity contribution < 1.29 is 0 Å². The van der Waals surface area contributed by atoms with Gasteiger partial charge in [0.2, 0.25) is 0 Å². The largest absolute Gasteiger partial charge is 0.421 e. The molecule has 0 atom stereocenters. The molecule has 158 valence electrons. The molecule has 3 nitrogen and oxygen atoms in total. The number of thiophene rings is 1. The van der Waals surface area contributed by atoms with Crippen LogP contribution in [0.4, 0.5) is 22.7 Å². The van der Waals surface area contributed by atoms with Crippen LogP contribution in [-0.2, 0) is 0 Å². The van der Waals surface area contributed by atoms with Crippen LogP contribution >= 0.6 is 11.3 Å². The predicted molar refractivity (Wildman–Crippen MR) is 145 cm³/mol. The lowest BCUT2D eigenvalue weighted by Gasteiger charge is -2.35. The summed E-state index contributed by atoms with van der Waals surface area (Å²) in [5, 5.41) is 2.65. The third-order valence-electron chi connectivity index (χ3n) is 7.07. The zero-order chi connectivity index (χ0) is 22.2. The fraction of sp³-hybridized carbons (Fsp3) is 0. The summed E-state index contributed by atoms with van der Waals surface area (Å²) in [5.74, 6) is 0. The molecule has 0 aliphatic carbocycles. The monoisotopic (exact) mass is 451 g/mol. The summed E-state index contributed by atoms with van der Waals surface area (Å²) in [5.41, 5.74) is 8.33. The van der Waals surface area contributed by atoms with Crippen molar-refractivity contribution in [2.24, 2.45) is 0 Å². The molecule has 5 heteroatoms. The van der Waals surface area contributed by atoms with E-state index in [0.29, 0.717) is 0 Å². The molecule has 2 aliphatic rings. The van der Waals surface area contributed by atoms with Crippen molar-refractivity contribution in [2.45, 2.75) is 0 Å². The van der Waals surface area contributed by atoms with Crippen molar-refractivity contribution in [2.75, 3.05) is 9.62 Å². The zero-order valence-corrected chi connectivity index (χ0v) is 19.0. The van der Waals surface area contributed by atoms with Crippen LogP contribution < -0.4 is 15.1 Å². The molecule has 0 amide bonds. The molecule has 0 saturated heterocycles. The maximum absolute atomic E-state index is 4.80. The molecular weight excluding hydrogens is 433 g/mol. The van der Waals surface area contributed by atoms with Gasteiger partial charge >= 0.3 is 6.98 Å². The Morgan fingerprint density at radius 3 is 2.29 bits per heavy atom. The molecule has 8 rings (SSSR count). The summed E-state index contributed by atoms with van der Waals surface area (Å²) in [6, 6.07) is 37.3. The van der Waals surface area contributed by atoms with E-state index >= 15 is 0 Å². The molecule has 0 N–H and O–H groups in total. The fourth-order valence-electron chi connectivity index (χ4n) is 5.67. The zero-order valence-electron chi connectivity index (χ0n) is 18.2. The number of nitrogens with zero attached hydrogens (tertiary/aromatic N) is 3. The predicted octanol–water partition coefficient (Wildman–Crippen LogP) is 7.12. The minimum atomic E-state index is 0.0349. The van der Waals surface area contributed by atoms with Gasteiger partial charge < -0.3 is 9.62 Å². The molecule has 4 heterocycles. The van der Waals surface area contributed by atoms with Gasteiger partial charge in [0.05, 0.1) is 22.8 Å². The molecule has 0 spiro atoms. The Kier molecular flexibility index (Phi) is 3.63. The van der Waals surface area contributed by atoms with E-state index in [2.05, 4.69) is 107 Å². The summed E-state index contributed by atoms with van der Waals surface area (Å²) in [6.07, 6.45) is 1.89. The van der Waals surface area contributed by atoms with Crippen LogP contribution in [0.25, 0.3) is 31.4 Å². The number of hydrogen-bond acceptors (Lipinski definition) is 4. The lowest BCUT2D eigenvalue weighted by molar-refractivity contribution is 1.27. The van der Waals surface area contributed by atoms with Gasteiger partial charge in [0.25, 0.3) is 0 Å². The van der Waals surface area contributed by atoms with Crippen LogP contribution in [0, 0.1) is 0 Å². The number of hydrogen-bond donors (Lipinski definition) is 0. The maximum atomic E-state index is 4.80. The molecule has 2 aromatic heterocycles. The Labute approximate surface area is 201 Å². The van der Waals surface area contributed by atoms with Crippen LogP contribution in [0.15, 0.2) is 109 Å². The number of pyridine rings is 1. The molecule has 6 aromatic rings. The first-order chi connectivity index (χ1) is 16.9. The first kappa shape index (κ1) is 18.4. The summed E-state index contributed by atoms with van der Waals surface area (Å²) < 4.78 is 2.66. The Balaban J connectivity index is 1.42. The topological polar surface area (TPSA) is 19.4 Å².